The normalized spacial score (nSPS) is 11.7. The van der Waals surface area contributed by atoms with Crippen molar-refractivity contribution < 1.29 is 4.79 Å². The molecule has 0 bridgehead atoms. The summed E-state index contributed by atoms with van der Waals surface area (Å²) in [6, 6.07) is 19.2. The number of nitrogens with zero attached hydrogens (tertiary/aromatic N) is 2. The van der Waals surface area contributed by atoms with Gasteiger partial charge in [0, 0.05) is 34.6 Å². The number of aromatic nitrogens is 2. The van der Waals surface area contributed by atoms with Crippen LogP contribution in [-0.2, 0) is 6.42 Å². The van der Waals surface area contributed by atoms with Crippen molar-refractivity contribution in [1.82, 2.24) is 9.97 Å². The summed E-state index contributed by atoms with van der Waals surface area (Å²) in [6.45, 7) is 4.16. The Morgan fingerprint density at radius 3 is 2.61 bits per heavy atom. The molecule has 0 saturated carbocycles. The molecule has 0 aliphatic carbocycles. The van der Waals surface area contributed by atoms with Crippen LogP contribution in [0.3, 0.4) is 0 Å². The zero-order chi connectivity index (χ0) is 21.6. The van der Waals surface area contributed by atoms with Crippen LogP contribution in [-0.4, -0.2) is 15.9 Å². The lowest BCUT2D eigenvalue weighted by Crippen LogP contribution is -2.17. The molecule has 0 saturated heterocycles. The van der Waals surface area contributed by atoms with Crippen molar-refractivity contribution >= 4 is 28.1 Å². The lowest BCUT2D eigenvalue weighted by Gasteiger charge is -2.21. The molecule has 2 N–H and O–H groups in total. The topological polar surface area (TPSA) is 66.9 Å². The van der Waals surface area contributed by atoms with Gasteiger partial charge in [0.15, 0.2) is 0 Å². The highest BCUT2D eigenvalue weighted by atomic mass is 32.1. The third kappa shape index (κ3) is 4.98. The summed E-state index contributed by atoms with van der Waals surface area (Å²) in [6.07, 6.45) is 6.29. The smallest absolute Gasteiger partial charge is 0.256 e. The number of hydrogen-bond donors (Lipinski definition) is 2. The van der Waals surface area contributed by atoms with Gasteiger partial charge in [-0.25, -0.2) is 4.98 Å². The fourth-order valence-corrected chi connectivity index (χ4v) is 4.39. The molecular weight excluding hydrogens is 404 g/mol. The van der Waals surface area contributed by atoms with E-state index < -0.39 is 0 Å². The highest BCUT2D eigenvalue weighted by Crippen LogP contribution is 2.38. The summed E-state index contributed by atoms with van der Waals surface area (Å²) in [5, 5.41) is 7.51. The predicted molar refractivity (Wildman–Crippen MR) is 127 cm³/mol. The zero-order valence-electron chi connectivity index (χ0n) is 17.5. The van der Waals surface area contributed by atoms with E-state index in [-0.39, 0.29) is 11.9 Å². The van der Waals surface area contributed by atoms with E-state index in [0.717, 1.165) is 33.9 Å². The second-order valence-corrected chi connectivity index (χ2v) is 8.39. The summed E-state index contributed by atoms with van der Waals surface area (Å²) in [5.74, 6) is 0.656. The minimum absolute atomic E-state index is 0.120. The minimum atomic E-state index is -0.203. The fourth-order valence-electron chi connectivity index (χ4n) is 3.36. The van der Waals surface area contributed by atoms with Crippen LogP contribution in [0.15, 0.2) is 79.3 Å². The lowest BCUT2D eigenvalue weighted by molar-refractivity contribution is 0.102. The van der Waals surface area contributed by atoms with Crippen molar-refractivity contribution in [3.63, 3.8) is 0 Å². The number of hydrogen-bond acceptors (Lipinski definition) is 5. The van der Waals surface area contributed by atoms with Crippen molar-refractivity contribution in [3.05, 3.63) is 106 Å². The van der Waals surface area contributed by atoms with Crippen molar-refractivity contribution in [2.24, 2.45) is 0 Å². The SMILES string of the molecule is CCc1cc([C@H](Nc2cc(C)ccn2)c2cccnc2)c(NC(=O)c2ccccc2)s1. The second-order valence-electron chi connectivity index (χ2n) is 7.25. The summed E-state index contributed by atoms with van der Waals surface area (Å²) in [4.78, 5) is 22.9. The molecule has 3 heterocycles. The molecule has 0 aliphatic rings. The van der Waals surface area contributed by atoms with Crippen LogP contribution in [0, 0.1) is 6.92 Å². The Balaban J connectivity index is 1.73. The molecule has 1 amide bonds. The van der Waals surface area contributed by atoms with Crippen LogP contribution in [0.4, 0.5) is 10.8 Å². The minimum Gasteiger partial charge on any atom is -0.359 e. The maximum absolute atomic E-state index is 12.9. The third-order valence-corrected chi connectivity index (χ3v) is 6.17. The van der Waals surface area contributed by atoms with E-state index in [1.807, 2.05) is 67.7 Å². The van der Waals surface area contributed by atoms with Gasteiger partial charge in [-0.2, -0.15) is 0 Å². The van der Waals surface area contributed by atoms with Crippen LogP contribution in [0.2, 0.25) is 0 Å². The van der Waals surface area contributed by atoms with E-state index in [9.17, 15) is 4.79 Å². The molecule has 4 aromatic rings. The quantitative estimate of drug-likeness (QED) is 0.387. The van der Waals surface area contributed by atoms with Crippen molar-refractivity contribution in [3.8, 4) is 0 Å². The molecule has 6 heteroatoms. The lowest BCUT2D eigenvalue weighted by atomic mass is 10.0. The molecule has 0 spiro atoms. The van der Waals surface area contributed by atoms with Crippen molar-refractivity contribution in [2.45, 2.75) is 26.3 Å². The zero-order valence-corrected chi connectivity index (χ0v) is 18.3. The first kappa shape index (κ1) is 20.8. The first-order chi connectivity index (χ1) is 15.1. The van der Waals surface area contributed by atoms with E-state index in [1.165, 1.54) is 4.88 Å². The van der Waals surface area contributed by atoms with E-state index >= 15 is 0 Å². The molecule has 0 aliphatic heterocycles. The number of pyridine rings is 2. The fraction of sp³-hybridized carbons (Fsp3) is 0.160. The van der Waals surface area contributed by atoms with Gasteiger partial charge < -0.3 is 10.6 Å². The Kier molecular flexibility index (Phi) is 6.38. The molecule has 0 fully saturated rings. The molecule has 4 rings (SSSR count). The molecule has 0 unspecified atom stereocenters. The van der Waals surface area contributed by atoms with Gasteiger partial charge in [0.2, 0.25) is 0 Å². The van der Waals surface area contributed by atoms with Crippen LogP contribution in [0.5, 0.6) is 0 Å². The van der Waals surface area contributed by atoms with Gasteiger partial charge in [-0.3, -0.25) is 9.78 Å². The monoisotopic (exact) mass is 428 g/mol. The number of rotatable bonds is 7. The largest absolute Gasteiger partial charge is 0.359 e. The van der Waals surface area contributed by atoms with Crippen molar-refractivity contribution in [1.29, 1.82) is 0 Å². The molecule has 156 valence electrons. The molecule has 1 aromatic carbocycles. The number of benzene rings is 1. The van der Waals surface area contributed by atoms with Crippen LogP contribution >= 0.6 is 11.3 Å². The van der Waals surface area contributed by atoms with E-state index in [1.54, 1.807) is 23.7 Å². The molecule has 1 atom stereocenters. The highest BCUT2D eigenvalue weighted by Gasteiger charge is 2.23. The molecule has 31 heavy (non-hydrogen) atoms. The van der Waals surface area contributed by atoms with Crippen molar-refractivity contribution in [2.75, 3.05) is 10.6 Å². The van der Waals surface area contributed by atoms with Gasteiger partial charge in [-0.1, -0.05) is 31.2 Å². The molecular formula is C25H24N4OS. The van der Waals surface area contributed by atoms with Gasteiger partial charge in [0.05, 0.1) is 6.04 Å². The van der Waals surface area contributed by atoms with E-state index in [2.05, 4.69) is 33.6 Å². The van der Waals surface area contributed by atoms with E-state index in [4.69, 9.17) is 0 Å². The first-order valence-electron chi connectivity index (χ1n) is 10.2. The maximum atomic E-state index is 12.9. The third-order valence-electron chi connectivity index (χ3n) is 4.96. The number of anilines is 2. The van der Waals surface area contributed by atoms with Gasteiger partial charge in [0.1, 0.15) is 10.8 Å². The van der Waals surface area contributed by atoms with Gasteiger partial charge >= 0.3 is 0 Å². The van der Waals surface area contributed by atoms with Crippen LogP contribution < -0.4 is 10.6 Å². The number of carbonyl (C=O) groups is 1. The molecule has 3 aromatic heterocycles. The van der Waals surface area contributed by atoms with E-state index in [0.29, 0.717) is 5.56 Å². The Bertz CT molecular complexity index is 1160. The number of thiophene rings is 1. The van der Waals surface area contributed by atoms with Gasteiger partial charge in [-0.15, -0.1) is 11.3 Å². The average Bonchev–Trinajstić information content (AvgIpc) is 3.21. The van der Waals surface area contributed by atoms with Gasteiger partial charge in [0.25, 0.3) is 5.91 Å². The highest BCUT2D eigenvalue weighted by molar-refractivity contribution is 7.16. The Morgan fingerprint density at radius 2 is 1.90 bits per heavy atom. The summed E-state index contributed by atoms with van der Waals surface area (Å²) in [5.41, 5.74) is 3.76. The van der Waals surface area contributed by atoms with Gasteiger partial charge in [-0.05, 0) is 60.9 Å². The summed E-state index contributed by atoms with van der Waals surface area (Å²) in [7, 11) is 0. The Morgan fingerprint density at radius 1 is 1.06 bits per heavy atom. The van der Waals surface area contributed by atoms with Crippen LogP contribution in [0.1, 0.15) is 44.9 Å². The second kappa shape index (κ2) is 9.53. The molecule has 0 radical (unpaired) electrons. The number of carbonyl (C=O) groups excluding carboxylic acids is 1. The molecule has 5 nitrogen and oxygen atoms in total. The summed E-state index contributed by atoms with van der Waals surface area (Å²) < 4.78 is 0. The summed E-state index contributed by atoms with van der Waals surface area (Å²) >= 11 is 1.61. The van der Waals surface area contributed by atoms with Crippen LogP contribution in [0.25, 0.3) is 0 Å². The Hall–Kier alpha value is -3.51. The maximum Gasteiger partial charge on any atom is 0.256 e. The standard InChI is InChI=1S/C25H24N4OS/c1-3-20-15-21(25(31-20)29-24(30)18-8-5-4-6-9-18)23(19-10-7-12-26-16-19)28-22-14-17(2)11-13-27-22/h4-16,23H,3H2,1-2H3,(H,27,28)(H,29,30)/t23-/m1/s1. The average molecular weight is 429 g/mol. The number of aryl methyl sites for hydroxylation is 2. The Labute approximate surface area is 186 Å². The number of nitrogens with one attached hydrogen (secondary N) is 2. The number of amides is 1. The first-order valence-corrected chi connectivity index (χ1v) is 11.0. The predicted octanol–water partition coefficient (Wildman–Crippen LogP) is 5.86.